The van der Waals surface area contributed by atoms with Crippen LogP contribution in [-0.2, 0) is 11.4 Å². The molecule has 3 nitrogen and oxygen atoms in total. The quantitative estimate of drug-likeness (QED) is 0.514. The van der Waals surface area contributed by atoms with E-state index >= 15 is 0 Å². The van der Waals surface area contributed by atoms with Crippen LogP contribution in [0, 0.1) is 0 Å². The number of hydrogen-bond acceptors (Lipinski definition) is 3. The van der Waals surface area contributed by atoms with E-state index in [9.17, 15) is 4.55 Å². The van der Waals surface area contributed by atoms with Crippen LogP contribution in [-0.4, -0.2) is 27.2 Å². The third-order valence-electron chi connectivity index (χ3n) is 0.952. The normalized spacial score (nSPS) is 15.7. The largest absolute Gasteiger partial charge is 0.591 e. The lowest BCUT2D eigenvalue weighted by molar-refractivity contribution is 0.308. The Balaban J connectivity index is 3.77. The van der Waals surface area contributed by atoms with Gasteiger partial charge in [0.1, 0.15) is 16.1 Å². The summed E-state index contributed by atoms with van der Waals surface area (Å²) in [5.74, 6) is 0. The molecule has 0 radical (unpaired) electrons. The van der Waals surface area contributed by atoms with Crippen LogP contribution in [0.1, 0.15) is 27.2 Å². The van der Waals surface area contributed by atoms with E-state index < -0.39 is 11.4 Å². The Labute approximate surface area is 70.8 Å². The minimum absolute atomic E-state index is 0.0604. The molecule has 0 aliphatic rings. The highest BCUT2D eigenvalue weighted by molar-refractivity contribution is 7.91. The van der Waals surface area contributed by atoms with Crippen LogP contribution < -0.4 is 0 Å². The molecule has 0 fully saturated rings. The zero-order chi connectivity index (χ0) is 8.91. The summed E-state index contributed by atoms with van der Waals surface area (Å²) in [6.45, 7) is 5.64. The fourth-order valence-electron chi connectivity index (χ4n) is 0.336. The van der Waals surface area contributed by atoms with Gasteiger partial charge in [-0.1, -0.05) is 4.40 Å². The topological polar surface area (TPSA) is 55.7 Å². The predicted octanol–water partition coefficient (Wildman–Crippen LogP) is 0.902. The van der Waals surface area contributed by atoms with Gasteiger partial charge >= 0.3 is 0 Å². The van der Waals surface area contributed by atoms with Crippen molar-refractivity contribution in [2.24, 2.45) is 4.40 Å². The molecule has 0 aromatic rings. The average molecular weight is 177 g/mol. The summed E-state index contributed by atoms with van der Waals surface area (Å²) in [7, 11) is 0. The van der Waals surface area contributed by atoms with Crippen LogP contribution in [0.15, 0.2) is 4.40 Å². The molecule has 0 spiro atoms. The minimum atomic E-state index is -1.18. The Hall–Kier alpha value is -0.0600. The van der Waals surface area contributed by atoms with E-state index in [4.69, 9.17) is 5.11 Å². The maximum absolute atomic E-state index is 11.2. The summed E-state index contributed by atoms with van der Waals surface area (Å²) >= 11 is -1.18. The second-order valence-electron chi connectivity index (χ2n) is 3.16. The number of aliphatic hydroxyl groups is 1. The maximum Gasteiger partial charge on any atom is 0.144 e. The Kier molecular flexibility index (Phi) is 4.72. The summed E-state index contributed by atoms with van der Waals surface area (Å²) in [6, 6.07) is 0. The number of hydrogen-bond donors (Lipinski definition) is 1. The zero-order valence-corrected chi connectivity index (χ0v) is 8.02. The van der Waals surface area contributed by atoms with Gasteiger partial charge in [0, 0.05) is 13.0 Å². The molecular weight excluding hydrogens is 162 g/mol. The van der Waals surface area contributed by atoms with E-state index in [-0.39, 0.29) is 11.4 Å². The molecule has 0 heterocycles. The van der Waals surface area contributed by atoms with Crippen LogP contribution in [0.3, 0.4) is 0 Å². The molecule has 0 aromatic carbocycles. The highest BCUT2D eigenvalue weighted by Crippen LogP contribution is 2.16. The van der Waals surface area contributed by atoms with Gasteiger partial charge in [0.2, 0.25) is 0 Å². The average Bonchev–Trinajstić information content (AvgIpc) is 1.86. The summed E-state index contributed by atoms with van der Waals surface area (Å²) in [4.78, 5) is 0. The first-order chi connectivity index (χ1) is 4.98. The molecule has 4 heteroatoms. The van der Waals surface area contributed by atoms with Crippen molar-refractivity contribution < 1.29 is 9.66 Å². The zero-order valence-electron chi connectivity index (χ0n) is 7.20. The van der Waals surface area contributed by atoms with Crippen molar-refractivity contribution in [2.75, 3.05) is 6.61 Å². The van der Waals surface area contributed by atoms with Gasteiger partial charge in [-0.3, -0.25) is 0 Å². The van der Waals surface area contributed by atoms with Gasteiger partial charge in [0.05, 0.1) is 6.21 Å². The molecule has 0 rings (SSSR count). The lowest BCUT2D eigenvalue weighted by Crippen LogP contribution is -2.25. The molecule has 0 aromatic heterocycles. The predicted molar refractivity (Wildman–Crippen MR) is 48.1 cm³/mol. The van der Waals surface area contributed by atoms with Crippen molar-refractivity contribution in [1.29, 1.82) is 0 Å². The van der Waals surface area contributed by atoms with Crippen molar-refractivity contribution in [2.45, 2.75) is 31.9 Å². The van der Waals surface area contributed by atoms with Crippen molar-refractivity contribution in [1.82, 2.24) is 0 Å². The van der Waals surface area contributed by atoms with Crippen molar-refractivity contribution in [3.05, 3.63) is 0 Å². The highest BCUT2D eigenvalue weighted by atomic mass is 32.2. The third kappa shape index (κ3) is 5.24. The Morgan fingerprint density at radius 3 is 2.45 bits per heavy atom. The smallest absolute Gasteiger partial charge is 0.144 e. The SMILES string of the molecule is CC(C)(C)[S+]([O-])N=CCCO. The van der Waals surface area contributed by atoms with Gasteiger partial charge in [-0.05, 0) is 20.8 Å². The molecule has 1 N–H and O–H groups in total. The maximum atomic E-state index is 11.2. The van der Waals surface area contributed by atoms with Crippen molar-refractivity contribution >= 4 is 17.6 Å². The number of rotatable bonds is 3. The van der Waals surface area contributed by atoms with E-state index in [2.05, 4.69) is 4.40 Å². The summed E-state index contributed by atoms with van der Waals surface area (Å²) in [5.41, 5.74) is 0. The van der Waals surface area contributed by atoms with Crippen LogP contribution >= 0.6 is 0 Å². The first kappa shape index (κ1) is 10.9. The van der Waals surface area contributed by atoms with E-state index in [1.807, 2.05) is 20.8 Å². The first-order valence-electron chi connectivity index (χ1n) is 3.54. The van der Waals surface area contributed by atoms with Crippen molar-refractivity contribution in [3.63, 3.8) is 0 Å². The molecule has 0 aliphatic carbocycles. The van der Waals surface area contributed by atoms with Gasteiger partial charge < -0.3 is 9.66 Å². The summed E-state index contributed by atoms with van der Waals surface area (Å²) in [5, 5.41) is 8.39. The second kappa shape index (κ2) is 4.74. The molecule has 1 atom stereocenters. The van der Waals surface area contributed by atoms with Gasteiger partial charge in [-0.25, -0.2) is 0 Å². The molecular formula is C7H15NO2S. The number of nitrogens with zero attached hydrogens (tertiary/aromatic N) is 1. The molecule has 66 valence electrons. The number of aliphatic hydroxyl groups excluding tert-OH is 1. The van der Waals surface area contributed by atoms with Crippen molar-refractivity contribution in [3.8, 4) is 0 Å². The lowest BCUT2D eigenvalue weighted by Gasteiger charge is -2.17. The highest BCUT2D eigenvalue weighted by Gasteiger charge is 2.25. The van der Waals surface area contributed by atoms with Gasteiger partial charge in [0.25, 0.3) is 0 Å². The fraction of sp³-hybridized carbons (Fsp3) is 0.857. The van der Waals surface area contributed by atoms with Crippen LogP contribution in [0.4, 0.5) is 0 Å². The van der Waals surface area contributed by atoms with E-state index in [1.54, 1.807) is 0 Å². The molecule has 0 aliphatic heterocycles. The Morgan fingerprint density at radius 2 is 2.09 bits per heavy atom. The van der Waals surface area contributed by atoms with E-state index in [0.29, 0.717) is 6.42 Å². The van der Waals surface area contributed by atoms with Gasteiger partial charge in [0.15, 0.2) is 0 Å². The first-order valence-corrected chi connectivity index (χ1v) is 4.64. The van der Waals surface area contributed by atoms with Crippen LogP contribution in [0.2, 0.25) is 0 Å². The minimum Gasteiger partial charge on any atom is -0.591 e. The third-order valence-corrected chi connectivity index (χ3v) is 2.34. The molecule has 0 amide bonds. The molecule has 0 saturated heterocycles. The molecule has 0 saturated carbocycles. The monoisotopic (exact) mass is 177 g/mol. The molecule has 11 heavy (non-hydrogen) atoms. The van der Waals surface area contributed by atoms with Gasteiger partial charge in [-0.2, -0.15) is 0 Å². The van der Waals surface area contributed by atoms with E-state index in [0.717, 1.165) is 0 Å². The van der Waals surface area contributed by atoms with Crippen LogP contribution in [0.25, 0.3) is 0 Å². The second-order valence-corrected chi connectivity index (χ2v) is 5.10. The van der Waals surface area contributed by atoms with E-state index in [1.165, 1.54) is 6.21 Å². The fourth-order valence-corrected chi connectivity index (χ4v) is 0.893. The lowest BCUT2D eigenvalue weighted by atomic mass is 10.3. The van der Waals surface area contributed by atoms with Gasteiger partial charge in [-0.15, -0.1) is 0 Å². The summed E-state index contributed by atoms with van der Waals surface area (Å²) < 4.78 is 14.6. The van der Waals surface area contributed by atoms with Crippen LogP contribution in [0.5, 0.6) is 0 Å². The molecule has 1 unspecified atom stereocenters. The Bertz CT molecular complexity index is 131. The Morgan fingerprint density at radius 1 is 1.55 bits per heavy atom. The molecule has 0 bridgehead atoms. The summed E-state index contributed by atoms with van der Waals surface area (Å²) in [6.07, 6.45) is 1.98. The standard InChI is InChI=1S/C7H15NO2S/c1-7(2,3)11(10)8-5-4-6-9/h5,9H,4,6H2,1-3H3.